The van der Waals surface area contributed by atoms with Gasteiger partial charge in [0.1, 0.15) is 0 Å². The number of carbonyl (C=O) groups excluding carboxylic acids is 1. The molecule has 1 aliphatic heterocycles. The largest absolute Gasteiger partial charge is 0.387 e. The average Bonchev–Trinajstić information content (AvgIpc) is 2.97. The lowest BCUT2D eigenvalue weighted by Gasteiger charge is -2.27. The fourth-order valence-corrected chi connectivity index (χ4v) is 2.27. The second-order valence-corrected chi connectivity index (χ2v) is 5.48. The summed E-state index contributed by atoms with van der Waals surface area (Å²) in [6, 6.07) is 0.441. The molecule has 2 aliphatic rings. The number of aliphatic hydroxyl groups is 1. The van der Waals surface area contributed by atoms with E-state index in [1.54, 1.807) is 0 Å². The number of nitrogens with zero attached hydrogens (tertiary/aromatic N) is 1. The average molecular weight is 241 g/mol. The fraction of sp³-hybridized carbons (Fsp3) is 0.917. The molecule has 2 fully saturated rings. The van der Waals surface area contributed by atoms with E-state index in [4.69, 9.17) is 0 Å². The minimum absolute atomic E-state index is 0.135. The molecule has 1 saturated heterocycles. The van der Waals surface area contributed by atoms with Crippen molar-refractivity contribution in [1.82, 2.24) is 15.5 Å². The monoisotopic (exact) mass is 241 g/mol. The first-order valence-corrected chi connectivity index (χ1v) is 6.48. The minimum atomic E-state index is -0.609. The Balaban J connectivity index is 1.62. The summed E-state index contributed by atoms with van der Waals surface area (Å²) >= 11 is 0. The van der Waals surface area contributed by atoms with Crippen LogP contribution in [0.1, 0.15) is 25.7 Å². The lowest BCUT2D eigenvalue weighted by Crippen LogP contribution is -2.44. The van der Waals surface area contributed by atoms with Crippen molar-refractivity contribution in [3.8, 4) is 0 Å². The Bertz CT molecular complexity index is 273. The molecule has 1 amide bonds. The van der Waals surface area contributed by atoms with E-state index in [0.717, 1.165) is 25.8 Å². The number of rotatable bonds is 6. The van der Waals surface area contributed by atoms with Crippen LogP contribution in [0.25, 0.3) is 0 Å². The van der Waals surface area contributed by atoms with Gasteiger partial charge < -0.3 is 20.6 Å². The van der Waals surface area contributed by atoms with Gasteiger partial charge in [-0.3, -0.25) is 4.79 Å². The van der Waals surface area contributed by atoms with Gasteiger partial charge in [-0.15, -0.1) is 0 Å². The first kappa shape index (κ1) is 12.8. The molecular formula is C12H23N3O2. The molecule has 1 saturated carbocycles. The van der Waals surface area contributed by atoms with Crippen LogP contribution in [0.5, 0.6) is 0 Å². The molecular weight excluding hydrogens is 218 g/mol. The fourth-order valence-electron chi connectivity index (χ4n) is 2.27. The molecule has 17 heavy (non-hydrogen) atoms. The quantitative estimate of drug-likeness (QED) is 0.576. The molecule has 0 aromatic carbocycles. The molecule has 1 aliphatic carbocycles. The van der Waals surface area contributed by atoms with Crippen LogP contribution >= 0.6 is 0 Å². The van der Waals surface area contributed by atoms with Crippen LogP contribution in [0.2, 0.25) is 0 Å². The summed E-state index contributed by atoms with van der Waals surface area (Å²) in [6.45, 7) is 2.88. The van der Waals surface area contributed by atoms with Gasteiger partial charge in [0.15, 0.2) is 0 Å². The summed E-state index contributed by atoms with van der Waals surface area (Å²) < 4.78 is 0. The number of amides is 1. The van der Waals surface area contributed by atoms with E-state index in [2.05, 4.69) is 10.6 Å². The zero-order chi connectivity index (χ0) is 12.3. The lowest BCUT2D eigenvalue weighted by atomic mass is 10.0. The molecule has 0 radical (unpaired) electrons. The molecule has 5 nitrogen and oxygen atoms in total. The SMILES string of the molecule is CN(CCC(=O)NC1CC1)CC1(O)CCNC1. The number of likely N-dealkylation sites (N-methyl/N-ethyl adjacent to an activating group) is 1. The molecule has 1 unspecified atom stereocenters. The van der Waals surface area contributed by atoms with Crippen LogP contribution in [0.15, 0.2) is 0 Å². The molecule has 1 heterocycles. The van der Waals surface area contributed by atoms with E-state index in [0.29, 0.717) is 32.1 Å². The van der Waals surface area contributed by atoms with Gasteiger partial charge in [-0.25, -0.2) is 0 Å². The van der Waals surface area contributed by atoms with Crippen molar-refractivity contribution in [2.75, 3.05) is 33.2 Å². The number of carbonyl (C=O) groups is 1. The molecule has 0 bridgehead atoms. The molecule has 0 aromatic heterocycles. The van der Waals surface area contributed by atoms with Crippen LogP contribution < -0.4 is 10.6 Å². The van der Waals surface area contributed by atoms with Crippen LogP contribution in [-0.4, -0.2) is 60.8 Å². The number of β-amino-alcohol motifs (C(OH)–C–C–N with tert-alkyl or cyclic N) is 1. The van der Waals surface area contributed by atoms with Crippen molar-refractivity contribution < 1.29 is 9.90 Å². The van der Waals surface area contributed by atoms with Gasteiger partial charge in [-0.1, -0.05) is 0 Å². The van der Waals surface area contributed by atoms with Crippen molar-refractivity contribution in [3.63, 3.8) is 0 Å². The highest BCUT2D eigenvalue weighted by atomic mass is 16.3. The second-order valence-electron chi connectivity index (χ2n) is 5.48. The van der Waals surface area contributed by atoms with Crippen LogP contribution in [0.3, 0.4) is 0 Å². The van der Waals surface area contributed by atoms with Gasteiger partial charge in [0.05, 0.1) is 5.60 Å². The van der Waals surface area contributed by atoms with Crippen molar-refractivity contribution in [1.29, 1.82) is 0 Å². The molecule has 0 spiro atoms. The Morgan fingerprint density at radius 2 is 2.35 bits per heavy atom. The molecule has 1 atom stereocenters. The zero-order valence-electron chi connectivity index (χ0n) is 10.5. The van der Waals surface area contributed by atoms with Gasteiger partial charge in [0, 0.05) is 32.1 Å². The van der Waals surface area contributed by atoms with Crippen molar-refractivity contribution >= 4 is 5.91 Å². The highest BCUT2D eigenvalue weighted by Crippen LogP contribution is 2.19. The minimum Gasteiger partial charge on any atom is -0.387 e. The highest BCUT2D eigenvalue weighted by Gasteiger charge is 2.32. The Kier molecular flexibility index (Phi) is 4.01. The van der Waals surface area contributed by atoms with Gasteiger partial charge >= 0.3 is 0 Å². The van der Waals surface area contributed by atoms with Crippen LogP contribution in [0, 0.1) is 0 Å². The topological polar surface area (TPSA) is 64.6 Å². The van der Waals surface area contributed by atoms with E-state index >= 15 is 0 Å². The van der Waals surface area contributed by atoms with Crippen LogP contribution in [-0.2, 0) is 4.79 Å². The Morgan fingerprint density at radius 3 is 2.94 bits per heavy atom. The second kappa shape index (κ2) is 5.33. The third-order valence-corrected chi connectivity index (χ3v) is 3.45. The lowest BCUT2D eigenvalue weighted by molar-refractivity contribution is -0.121. The van der Waals surface area contributed by atoms with E-state index in [1.807, 2.05) is 11.9 Å². The number of nitrogens with one attached hydrogen (secondary N) is 2. The van der Waals surface area contributed by atoms with E-state index in [-0.39, 0.29) is 5.91 Å². The van der Waals surface area contributed by atoms with E-state index < -0.39 is 5.60 Å². The molecule has 3 N–H and O–H groups in total. The van der Waals surface area contributed by atoms with Crippen LogP contribution in [0.4, 0.5) is 0 Å². The maximum atomic E-state index is 11.5. The summed E-state index contributed by atoms with van der Waals surface area (Å²) in [5.74, 6) is 0.135. The summed E-state index contributed by atoms with van der Waals surface area (Å²) in [5.41, 5.74) is -0.609. The number of hydrogen-bond donors (Lipinski definition) is 3. The number of hydrogen-bond acceptors (Lipinski definition) is 4. The van der Waals surface area contributed by atoms with E-state index in [1.165, 1.54) is 0 Å². The standard InChI is InChI=1S/C12H23N3O2/c1-15(9-12(17)5-6-13-8-12)7-4-11(16)14-10-2-3-10/h10,13,17H,2-9H2,1H3,(H,14,16). The maximum absolute atomic E-state index is 11.5. The predicted octanol–water partition coefficient (Wildman–Crippen LogP) is -0.689. The maximum Gasteiger partial charge on any atom is 0.221 e. The van der Waals surface area contributed by atoms with Gasteiger partial charge in [-0.2, -0.15) is 0 Å². The Hall–Kier alpha value is -0.650. The molecule has 5 heteroatoms. The first-order chi connectivity index (χ1) is 8.07. The van der Waals surface area contributed by atoms with Gasteiger partial charge in [0.2, 0.25) is 5.91 Å². The van der Waals surface area contributed by atoms with Gasteiger partial charge in [-0.05, 0) is 32.9 Å². The van der Waals surface area contributed by atoms with Crippen molar-refractivity contribution in [2.24, 2.45) is 0 Å². The normalized spacial score (nSPS) is 28.6. The Labute approximate surface area is 103 Å². The molecule has 0 aromatic rings. The first-order valence-electron chi connectivity index (χ1n) is 6.48. The third kappa shape index (κ3) is 4.26. The van der Waals surface area contributed by atoms with E-state index in [9.17, 15) is 9.90 Å². The zero-order valence-corrected chi connectivity index (χ0v) is 10.5. The smallest absolute Gasteiger partial charge is 0.221 e. The van der Waals surface area contributed by atoms with Crippen molar-refractivity contribution in [3.05, 3.63) is 0 Å². The Morgan fingerprint density at radius 1 is 1.59 bits per heavy atom. The van der Waals surface area contributed by atoms with Crippen molar-refractivity contribution in [2.45, 2.75) is 37.3 Å². The summed E-state index contributed by atoms with van der Waals surface area (Å²) in [5, 5.41) is 16.3. The summed E-state index contributed by atoms with van der Waals surface area (Å²) in [7, 11) is 1.96. The summed E-state index contributed by atoms with van der Waals surface area (Å²) in [4.78, 5) is 13.5. The molecule has 2 rings (SSSR count). The summed E-state index contributed by atoms with van der Waals surface area (Å²) in [6.07, 6.45) is 3.59. The van der Waals surface area contributed by atoms with Gasteiger partial charge in [0.25, 0.3) is 0 Å². The predicted molar refractivity (Wildman–Crippen MR) is 65.7 cm³/mol. The molecule has 98 valence electrons. The highest BCUT2D eigenvalue weighted by molar-refractivity contribution is 5.76. The third-order valence-electron chi connectivity index (χ3n) is 3.45.